The zero-order chi connectivity index (χ0) is 12.3. The summed E-state index contributed by atoms with van der Waals surface area (Å²) in [4.78, 5) is 2.70. The summed E-state index contributed by atoms with van der Waals surface area (Å²) >= 11 is 0. The molecule has 2 aliphatic heterocycles. The Labute approximate surface area is 106 Å². The maximum Gasteiger partial charge on any atom is 0.0641 e. The Bertz CT molecular complexity index is 234. The van der Waals surface area contributed by atoms with E-state index in [9.17, 15) is 0 Å². The van der Waals surface area contributed by atoms with E-state index in [1.54, 1.807) is 0 Å². The third-order valence-corrected chi connectivity index (χ3v) is 4.33. The molecule has 2 aliphatic rings. The smallest absolute Gasteiger partial charge is 0.0641 e. The zero-order valence-corrected chi connectivity index (χ0v) is 11.7. The Hall–Kier alpha value is -0.120. The number of piperidine rings is 1. The van der Waals surface area contributed by atoms with Crippen LogP contribution in [0.15, 0.2) is 0 Å². The van der Waals surface area contributed by atoms with Gasteiger partial charge in [-0.1, -0.05) is 0 Å². The molecule has 0 bridgehead atoms. The highest BCUT2D eigenvalue weighted by Crippen LogP contribution is 2.29. The van der Waals surface area contributed by atoms with Gasteiger partial charge in [0.25, 0.3) is 0 Å². The lowest BCUT2D eigenvalue weighted by Crippen LogP contribution is -2.49. The molecule has 17 heavy (non-hydrogen) atoms. The molecule has 0 saturated carbocycles. The van der Waals surface area contributed by atoms with Crippen molar-refractivity contribution in [3.05, 3.63) is 0 Å². The Morgan fingerprint density at radius 3 is 2.53 bits per heavy atom. The molecular formula is C14H28N2O. The first-order valence-electron chi connectivity index (χ1n) is 7.13. The maximum atomic E-state index is 5.81. The Morgan fingerprint density at radius 2 is 1.94 bits per heavy atom. The Balaban J connectivity index is 1.80. The number of nitrogens with zero attached hydrogens (tertiary/aromatic N) is 1. The average Bonchev–Trinajstić information content (AvgIpc) is 2.29. The summed E-state index contributed by atoms with van der Waals surface area (Å²) in [7, 11) is 2.06. The van der Waals surface area contributed by atoms with E-state index in [0.717, 1.165) is 18.6 Å². The molecule has 2 saturated heterocycles. The van der Waals surface area contributed by atoms with E-state index >= 15 is 0 Å². The number of hydrogen-bond acceptors (Lipinski definition) is 3. The molecule has 0 aromatic carbocycles. The van der Waals surface area contributed by atoms with E-state index < -0.39 is 0 Å². The van der Waals surface area contributed by atoms with Crippen LogP contribution in [0.25, 0.3) is 0 Å². The van der Waals surface area contributed by atoms with Crippen molar-refractivity contribution in [2.75, 3.05) is 33.3 Å². The summed E-state index contributed by atoms with van der Waals surface area (Å²) in [5, 5.41) is 3.31. The lowest BCUT2D eigenvalue weighted by Gasteiger charge is -2.44. The van der Waals surface area contributed by atoms with Crippen LogP contribution in [0.5, 0.6) is 0 Å². The van der Waals surface area contributed by atoms with Crippen molar-refractivity contribution in [1.29, 1.82) is 0 Å². The molecular weight excluding hydrogens is 212 g/mol. The lowest BCUT2D eigenvalue weighted by atomic mass is 9.89. The molecule has 0 spiro atoms. The third kappa shape index (κ3) is 3.67. The van der Waals surface area contributed by atoms with Crippen LogP contribution < -0.4 is 5.32 Å². The van der Waals surface area contributed by atoms with Crippen LogP contribution in [0.4, 0.5) is 0 Å². The van der Waals surface area contributed by atoms with Crippen LogP contribution in [0.1, 0.15) is 39.5 Å². The highest BCUT2D eigenvalue weighted by molar-refractivity contribution is 4.87. The quantitative estimate of drug-likeness (QED) is 0.815. The second kappa shape index (κ2) is 5.68. The minimum absolute atomic E-state index is 0.0880. The van der Waals surface area contributed by atoms with Gasteiger partial charge in [0.2, 0.25) is 0 Å². The fourth-order valence-corrected chi connectivity index (χ4v) is 3.32. The Kier molecular flexibility index (Phi) is 4.45. The van der Waals surface area contributed by atoms with Gasteiger partial charge in [-0.15, -0.1) is 0 Å². The van der Waals surface area contributed by atoms with Crippen molar-refractivity contribution < 1.29 is 4.74 Å². The van der Waals surface area contributed by atoms with Crippen molar-refractivity contribution >= 4 is 0 Å². The van der Waals surface area contributed by atoms with Crippen LogP contribution in [0.3, 0.4) is 0 Å². The van der Waals surface area contributed by atoms with Gasteiger partial charge < -0.3 is 15.0 Å². The molecule has 2 rings (SSSR count). The van der Waals surface area contributed by atoms with Gasteiger partial charge in [-0.05, 0) is 72.1 Å². The number of ether oxygens (including phenoxy) is 1. The van der Waals surface area contributed by atoms with Crippen LogP contribution >= 0.6 is 0 Å². The summed E-state index contributed by atoms with van der Waals surface area (Å²) in [5.41, 5.74) is 0.0880. The molecule has 0 aliphatic carbocycles. The number of hydrogen-bond donors (Lipinski definition) is 1. The fourth-order valence-electron chi connectivity index (χ4n) is 3.32. The van der Waals surface area contributed by atoms with Crippen LogP contribution in [0, 0.1) is 5.92 Å². The number of likely N-dealkylation sites (tertiary alicyclic amines) is 1. The predicted molar refractivity (Wildman–Crippen MR) is 71.3 cm³/mol. The van der Waals surface area contributed by atoms with Crippen molar-refractivity contribution in [2.24, 2.45) is 5.92 Å². The Morgan fingerprint density at radius 1 is 1.24 bits per heavy atom. The topological polar surface area (TPSA) is 24.5 Å². The average molecular weight is 240 g/mol. The van der Waals surface area contributed by atoms with E-state index in [1.807, 2.05) is 0 Å². The summed E-state index contributed by atoms with van der Waals surface area (Å²) in [5.74, 6) is 0.893. The molecule has 2 fully saturated rings. The second-order valence-electron chi connectivity index (χ2n) is 6.29. The van der Waals surface area contributed by atoms with E-state index in [2.05, 4.69) is 31.1 Å². The summed E-state index contributed by atoms with van der Waals surface area (Å²) < 4.78 is 5.81. The standard InChI is InChI=1S/C14H28N2O/c1-14(2)10-13(6-9-17-14)16-7-4-12(5-8-16)11-15-3/h12-13,15H,4-11H2,1-3H3. The van der Waals surface area contributed by atoms with Crippen molar-refractivity contribution in [3.8, 4) is 0 Å². The maximum absolute atomic E-state index is 5.81. The van der Waals surface area contributed by atoms with Gasteiger partial charge >= 0.3 is 0 Å². The van der Waals surface area contributed by atoms with Crippen LogP contribution in [-0.2, 0) is 4.74 Å². The highest BCUT2D eigenvalue weighted by Gasteiger charge is 2.33. The van der Waals surface area contributed by atoms with E-state index in [4.69, 9.17) is 4.74 Å². The minimum Gasteiger partial charge on any atom is -0.375 e. The summed E-state index contributed by atoms with van der Waals surface area (Å²) in [6, 6.07) is 0.759. The first-order chi connectivity index (χ1) is 8.11. The molecule has 0 aromatic heterocycles. The molecule has 3 nitrogen and oxygen atoms in total. The largest absolute Gasteiger partial charge is 0.375 e. The lowest BCUT2D eigenvalue weighted by molar-refractivity contribution is -0.0867. The molecule has 1 atom stereocenters. The van der Waals surface area contributed by atoms with Gasteiger partial charge in [0, 0.05) is 12.6 Å². The summed E-state index contributed by atoms with van der Waals surface area (Å²) in [6.07, 6.45) is 5.14. The van der Waals surface area contributed by atoms with Gasteiger partial charge in [-0.3, -0.25) is 0 Å². The third-order valence-electron chi connectivity index (χ3n) is 4.33. The van der Waals surface area contributed by atoms with E-state index in [-0.39, 0.29) is 5.60 Å². The molecule has 0 amide bonds. The van der Waals surface area contributed by atoms with Gasteiger partial charge in [-0.2, -0.15) is 0 Å². The van der Waals surface area contributed by atoms with Gasteiger partial charge in [0.1, 0.15) is 0 Å². The normalized spacial score (nSPS) is 31.6. The highest BCUT2D eigenvalue weighted by atomic mass is 16.5. The van der Waals surface area contributed by atoms with Gasteiger partial charge in [0.05, 0.1) is 5.60 Å². The molecule has 1 unspecified atom stereocenters. The van der Waals surface area contributed by atoms with Gasteiger partial charge in [0.15, 0.2) is 0 Å². The minimum atomic E-state index is 0.0880. The zero-order valence-electron chi connectivity index (χ0n) is 11.7. The molecule has 3 heteroatoms. The summed E-state index contributed by atoms with van der Waals surface area (Å²) in [6.45, 7) is 9.15. The van der Waals surface area contributed by atoms with Crippen LogP contribution in [0.2, 0.25) is 0 Å². The second-order valence-corrected chi connectivity index (χ2v) is 6.29. The van der Waals surface area contributed by atoms with Crippen molar-refractivity contribution in [2.45, 2.75) is 51.2 Å². The first-order valence-corrected chi connectivity index (χ1v) is 7.13. The first kappa shape index (κ1) is 13.3. The molecule has 0 radical (unpaired) electrons. The molecule has 1 N–H and O–H groups in total. The SMILES string of the molecule is CNCC1CCN(C2CCOC(C)(C)C2)CC1. The monoisotopic (exact) mass is 240 g/mol. The van der Waals surface area contributed by atoms with E-state index in [0.29, 0.717) is 0 Å². The van der Waals surface area contributed by atoms with E-state index in [1.165, 1.54) is 45.3 Å². The molecule has 2 heterocycles. The molecule has 0 aromatic rings. The fraction of sp³-hybridized carbons (Fsp3) is 1.00. The number of nitrogens with one attached hydrogen (secondary N) is 1. The molecule has 100 valence electrons. The van der Waals surface area contributed by atoms with Gasteiger partial charge in [-0.25, -0.2) is 0 Å². The number of rotatable bonds is 3. The predicted octanol–water partition coefficient (Wildman–Crippen LogP) is 1.88. The van der Waals surface area contributed by atoms with Crippen molar-refractivity contribution in [3.63, 3.8) is 0 Å². The van der Waals surface area contributed by atoms with Crippen molar-refractivity contribution in [1.82, 2.24) is 10.2 Å². The van der Waals surface area contributed by atoms with Crippen LogP contribution in [-0.4, -0.2) is 49.8 Å².